The van der Waals surface area contributed by atoms with E-state index in [4.69, 9.17) is 4.74 Å². The Morgan fingerprint density at radius 1 is 1.15 bits per heavy atom. The Kier molecular flexibility index (Phi) is 7.08. The van der Waals surface area contributed by atoms with E-state index >= 15 is 0 Å². The maximum absolute atomic E-state index is 12.5. The molecule has 1 N–H and O–H groups in total. The van der Waals surface area contributed by atoms with E-state index in [-0.39, 0.29) is 31.0 Å². The Morgan fingerprint density at radius 3 is 2.46 bits per heavy atom. The number of carbonyl (C=O) groups is 2. The summed E-state index contributed by atoms with van der Waals surface area (Å²) < 4.78 is 5.56. The molecular weight excluding hydrogens is 332 g/mol. The monoisotopic (exact) mass is 356 g/mol. The van der Waals surface area contributed by atoms with E-state index in [2.05, 4.69) is 22.4 Å². The first kappa shape index (κ1) is 19.4. The molecule has 0 aliphatic carbocycles. The molecule has 0 saturated heterocycles. The predicted molar refractivity (Wildman–Crippen MR) is 98.8 cm³/mol. The van der Waals surface area contributed by atoms with Crippen molar-refractivity contribution in [3.8, 4) is 5.75 Å². The number of aryl methyl sites for hydroxylation is 1. The highest BCUT2D eigenvalue weighted by Crippen LogP contribution is 2.13. The van der Waals surface area contributed by atoms with Crippen LogP contribution < -0.4 is 10.1 Å². The van der Waals surface area contributed by atoms with Gasteiger partial charge in [0.2, 0.25) is 5.91 Å². The van der Waals surface area contributed by atoms with E-state index < -0.39 is 0 Å². The SMILES string of the molecule is CCc1ccc(OCC(=O)N(CC(=O)Nc2ccnnc2)C(C)C)cc1. The smallest absolute Gasteiger partial charge is 0.261 e. The average molecular weight is 356 g/mol. The summed E-state index contributed by atoms with van der Waals surface area (Å²) in [6.07, 6.45) is 3.88. The number of amides is 2. The maximum atomic E-state index is 12.5. The van der Waals surface area contributed by atoms with Crippen molar-refractivity contribution >= 4 is 17.5 Å². The van der Waals surface area contributed by atoms with Crippen LogP contribution in [0.3, 0.4) is 0 Å². The van der Waals surface area contributed by atoms with Crippen LogP contribution in [0.1, 0.15) is 26.3 Å². The van der Waals surface area contributed by atoms with Crippen molar-refractivity contribution in [3.05, 3.63) is 48.3 Å². The fourth-order valence-electron chi connectivity index (χ4n) is 2.33. The Bertz CT molecular complexity index is 717. The minimum absolute atomic E-state index is 0.0586. The van der Waals surface area contributed by atoms with Gasteiger partial charge in [-0.2, -0.15) is 10.2 Å². The van der Waals surface area contributed by atoms with Crippen LogP contribution in [-0.4, -0.2) is 46.1 Å². The molecule has 0 unspecified atom stereocenters. The lowest BCUT2D eigenvalue weighted by atomic mass is 10.2. The molecule has 0 aliphatic rings. The molecule has 26 heavy (non-hydrogen) atoms. The largest absolute Gasteiger partial charge is 0.484 e. The van der Waals surface area contributed by atoms with Crippen LogP contribution in [0.15, 0.2) is 42.7 Å². The number of aromatic nitrogens is 2. The van der Waals surface area contributed by atoms with Gasteiger partial charge in [0.15, 0.2) is 6.61 Å². The molecule has 0 spiro atoms. The third-order valence-corrected chi connectivity index (χ3v) is 3.82. The molecule has 0 radical (unpaired) electrons. The van der Waals surface area contributed by atoms with Gasteiger partial charge in [0.25, 0.3) is 5.91 Å². The molecule has 7 heteroatoms. The molecule has 1 heterocycles. The van der Waals surface area contributed by atoms with Gasteiger partial charge < -0.3 is 15.0 Å². The minimum atomic E-state index is -0.299. The number of benzene rings is 1. The molecular formula is C19H24N4O3. The second kappa shape index (κ2) is 9.50. The third kappa shape index (κ3) is 5.84. The van der Waals surface area contributed by atoms with E-state index in [9.17, 15) is 9.59 Å². The Labute approximate surface area is 153 Å². The number of anilines is 1. The molecule has 0 fully saturated rings. The number of ether oxygens (including phenoxy) is 1. The molecule has 1 aromatic heterocycles. The van der Waals surface area contributed by atoms with E-state index in [1.807, 2.05) is 38.1 Å². The van der Waals surface area contributed by atoms with Crippen molar-refractivity contribution in [1.82, 2.24) is 15.1 Å². The maximum Gasteiger partial charge on any atom is 0.261 e. The standard InChI is InChI=1S/C19H24N4O3/c1-4-15-5-7-17(8-6-15)26-13-19(25)23(14(2)3)12-18(24)22-16-9-10-20-21-11-16/h5-11,14H,4,12-13H2,1-3H3,(H,20,22,24). The minimum Gasteiger partial charge on any atom is -0.484 e. The first-order valence-corrected chi connectivity index (χ1v) is 8.57. The van der Waals surface area contributed by atoms with Gasteiger partial charge in [-0.3, -0.25) is 9.59 Å². The number of hydrogen-bond acceptors (Lipinski definition) is 5. The van der Waals surface area contributed by atoms with Gasteiger partial charge in [-0.05, 0) is 44.0 Å². The highest BCUT2D eigenvalue weighted by molar-refractivity contribution is 5.94. The number of carbonyl (C=O) groups excluding carboxylic acids is 2. The molecule has 7 nitrogen and oxygen atoms in total. The first-order chi connectivity index (χ1) is 12.5. The van der Waals surface area contributed by atoms with Crippen molar-refractivity contribution in [2.24, 2.45) is 0 Å². The van der Waals surface area contributed by atoms with Gasteiger partial charge in [0.05, 0.1) is 18.1 Å². The number of hydrogen-bond donors (Lipinski definition) is 1. The Hall–Kier alpha value is -2.96. The van der Waals surface area contributed by atoms with Crippen molar-refractivity contribution in [1.29, 1.82) is 0 Å². The van der Waals surface area contributed by atoms with Crippen molar-refractivity contribution in [2.45, 2.75) is 33.2 Å². The number of nitrogens with one attached hydrogen (secondary N) is 1. The summed E-state index contributed by atoms with van der Waals surface area (Å²) in [5.74, 6) is 0.0847. The highest BCUT2D eigenvalue weighted by Gasteiger charge is 2.20. The van der Waals surface area contributed by atoms with Crippen molar-refractivity contribution in [3.63, 3.8) is 0 Å². The summed E-state index contributed by atoms with van der Waals surface area (Å²) in [4.78, 5) is 26.1. The molecule has 0 atom stereocenters. The molecule has 0 aliphatic heterocycles. The fraction of sp³-hybridized carbons (Fsp3) is 0.368. The predicted octanol–water partition coefficient (Wildman–Crippen LogP) is 2.29. The van der Waals surface area contributed by atoms with E-state index in [0.717, 1.165) is 6.42 Å². The Balaban J connectivity index is 1.90. The van der Waals surface area contributed by atoms with Crippen LogP contribution in [0.25, 0.3) is 0 Å². The Morgan fingerprint density at radius 2 is 1.88 bits per heavy atom. The quantitative estimate of drug-likeness (QED) is 0.784. The van der Waals surface area contributed by atoms with Crippen LogP contribution in [0, 0.1) is 0 Å². The average Bonchev–Trinajstić information content (AvgIpc) is 2.65. The number of rotatable bonds is 8. The van der Waals surface area contributed by atoms with E-state index in [1.165, 1.54) is 22.9 Å². The molecule has 2 rings (SSSR count). The highest BCUT2D eigenvalue weighted by atomic mass is 16.5. The van der Waals surface area contributed by atoms with Gasteiger partial charge in [-0.15, -0.1) is 0 Å². The molecule has 0 bridgehead atoms. The van der Waals surface area contributed by atoms with Crippen molar-refractivity contribution in [2.75, 3.05) is 18.5 Å². The van der Waals surface area contributed by atoms with Gasteiger partial charge in [0, 0.05) is 6.04 Å². The van der Waals surface area contributed by atoms with Crippen LogP contribution in [-0.2, 0) is 16.0 Å². The lowest BCUT2D eigenvalue weighted by Gasteiger charge is -2.26. The van der Waals surface area contributed by atoms with E-state index in [1.54, 1.807) is 6.07 Å². The summed E-state index contributed by atoms with van der Waals surface area (Å²) in [6, 6.07) is 9.13. The van der Waals surface area contributed by atoms with Crippen LogP contribution >= 0.6 is 0 Å². The second-order valence-electron chi connectivity index (χ2n) is 6.08. The summed E-state index contributed by atoms with van der Waals surface area (Å²) in [7, 11) is 0. The zero-order chi connectivity index (χ0) is 18.9. The number of nitrogens with zero attached hydrogens (tertiary/aromatic N) is 3. The topological polar surface area (TPSA) is 84.4 Å². The first-order valence-electron chi connectivity index (χ1n) is 8.57. The van der Waals surface area contributed by atoms with Gasteiger partial charge in [0.1, 0.15) is 12.3 Å². The summed E-state index contributed by atoms with van der Waals surface area (Å²) in [5, 5.41) is 10.0. The summed E-state index contributed by atoms with van der Waals surface area (Å²) in [6.45, 7) is 5.61. The van der Waals surface area contributed by atoms with Gasteiger partial charge >= 0.3 is 0 Å². The molecule has 1 aromatic carbocycles. The molecule has 0 saturated carbocycles. The van der Waals surface area contributed by atoms with Gasteiger partial charge in [-0.25, -0.2) is 0 Å². The lowest BCUT2D eigenvalue weighted by Crippen LogP contribution is -2.44. The van der Waals surface area contributed by atoms with Crippen LogP contribution in [0.4, 0.5) is 5.69 Å². The zero-order valence-corrected chi connectivity index (χ0v) is 15.3. The third-order valence-electron chi connectivity index (χ3n) is 3.82. The zero-order valence-electron chi connectivity index (χ0n) is 15.3. The molecule has 2 amide bonds. The summed E-state index contributed by atoms with van der Waals surface area (Å²) in [5.41, 5.74) is 1.74. The molecule has 2 aromatic rings. The fourth-order valence-corrected chi connectivity index (χ4v) is 2.33. The van der Waals surface area contributed by atoms with E-state index in [0.29, 0.717) is 11.4 Å². The second-order valence-corrected chi connectivity index (χ2v) is 6.08. The van der Waals surface area contributed by atoms with Crippen LogP contribution in [0.5, 0.6) is 5.75 Å². The lowest BCUT2D eigenvalue weighted by molar-refractivity contribution is -0.138. The van der Waals surface area contributed by atoms with Gasteiger partial charge in [-0.1, -0.05) is 19.1 Å². The van der Waals surface area contributed by atoms with Crippen molar-refractivity contribution < 1.29 is 14.3 Å². The normalized spacial score (nSPS) is 10.5. The van der Waals surface area contributed by atoms with Crippen LogP contribution in [0.2, 0.25) is 0 Å². The molecule has 138 valence electrons. The summed E-state index contributed by atoms with van der Waals surface area (Å²) >= 11 is 0.